The summed E-state index contributed by atoms with van der Waals surface area (Å²) in [4.78, 5) is 15.9. The fourth-order valence-corrected chi connectivity index (χ4v) is 1.05. The highest BCUT2D eigenvalue weighted by molar-refractivity contribution is 5.35. The smallest absolute Gasteiger partial charge is 0.224 e. The molecule has 0 spiro atoms. The summed E-state index contributed by atoms with van der Waals surface area (Å²) >= 11 is 0. The van der Waals surface area contributed by atoms with E-state index in [0.717, 1.165) is 5.69 Å². The monoisotopic (exact) mass is 202 g/mol. The highest BCUT2D eigenvalue weighted by Crippen LogP contribution is 2.02. The molecule has 3 N–H and O–H groups in total. The summed E-state index contributed by atoms with van der Waals surface area (Å²) in [6.45, 7) is 0.548. The zero-order valence-electron chi connectivity index (χ0n) is 7.96. The number of nitrogen functional groups attached to an aromatic ring is 1. The molecule has 6 nitrogen and oxygen atoms in total. The van der Waals surface area contributed by atoms with Gasteiger partial charge in [0.05, 0.1) is 12.2 Å². The Labute approximate surface area is 86.6 Å². The molecule has 0 aliphatic carbocycles. The second kappa shape index (κ2) is 4.32. The van der Waals surface area contributed by atoms with E-state index in [-0.39, 0.29) is 0 Å². The molecular weight excluding hydrogens is 192 g/mol. The van der Waals surface area contributed by atoms with Crippen LogP contribution in [-0.4, -0.2) is 19.9 Å². The third-order valence-corrected chi connectivity index (χ3v) is 1.75. The summed E-state index contributed by atoms with van der Waals surface area (Å²) in [7, 11) is 0. The molecule has 0 aliphatic rings. The molecule has 2 rings (SSSR count). The lowest BCUT2D eigenvalue weighted by Gasteiger charge is -2.03. The van der Waals surface area contributed by atoms with Crippen molar-refractivity contribution >= 4 is 11.8 Å². The molecule has 0 unspecified atom stereocenters. The Morgan fingerprint density at radius 2 is 2.13 bits per heavy atom. The van der Waals surface area contributed by atoms with E-state index in [1.807, 2.05) is 6.07 Å². The molecule has 0 aliphatic heterocycles. The number of hydrogen-bond donors (Lipinski definition) is 2. The molecule has 2 heterocycles. The van der Waals surface area contributed by atoms with E-state index < -0.39 is 0 Å². The summed E-state index contributed by atoms with van der Waals surface area (Å²) in [6, 6.07) is 3.45. The first-order valence-electron chi connectivity index (χ1n) is 4.42. The Bertz CT molecular complexity index is 430. The summed E-state index contributed by atoms with van der Waals surface area (Å²) in [5.41, 5.74) is 6.38. The number of nitrogens with one attached hydrogen (secondary N) is 1. The topological polar surface area (TPSA) is 89.6 Å². The molecule has 0 fully saturated rings. The van der Waals surface area contributed by atoms with Crippen molar-refractivity contribution in [1.82, 2.24) is 19.9 Å². The van der Waals surface area contributed by atoms with E-state index in [1.54, 1.807) is 18.5 Å². The minimum atomic E-state index is 0.440. The van der Waals surface area contributed by atoms with Gasteiger partial charge in [-0.25, -0.2) is 15.0 Å². The first-order valence-corrected chi connectivity index (χ1v) is 4.42. The van der Waals surface area contributed by atoms with E-state index in [1.165, 1.54) is 6.33 Å². The molecule has 6 heteroatoms. The van der Waals surface area contributed by atoms with Crippen molar-refractivity contribution in [2.45, 2.75) is 6.54 Å². The first-order chi connectivity index (χ1) is 7.34. The molecule has 0 amide bonds. The van der Waals surface area contributed by atoms with Crippen LogP contribution in [0.4, 0.5) is 11.8 Å². The van der Waals surface area contributed by atoms with Crippen molar-refractivity contribution in [3.05, 3.63) is 36.5 Å². The van der Waals surface area contributed by atoms with Gasteiger partial charge in [0.15, 0.2) is 0 Å². The first kappa shape index (κ1) is 9.32. The average molecular weight is 202 g/mol. The number of anilines is 2. The van der Waals surface area contributed by atoms with Crippen molar-refractivity contribution in [2.75, 3.05) is 11.1 Å². The molecule has 0 radical (unpaired) electrons. The highest BCUT2D eigenvalue weighted by atomic mass is 15.1. The van der Waals surface area contributed by atoms with Crippen molar-refractivity contribution in [2.24, 2.45) is 0 Å². The molecule has 76 valence electrons. The Hall–Kier alpha value is -2.24. The van der Waals surface area contributed by atoms with E-state index in [4.69, 9.17) is 5.73 Å². The van der Waals surface area contributed by atoms with E-state index in [0.29, 0.717) is 18.3 Å². The molecule has 0 saturated heterocycles. The quantitative estimate of drug-likeness (QED) is 0.751. The van der Waals surface area contributed by atoms with Crippen LogP contribution in [0.25, 0.3) is 0 Å². The zero-order valence-corrected chi connectivity index (χ0v) is 7.96. The molecule has 0 aromatic carbocycles. The van der Waals surface area contributed by atoms with Gasteiger partial charge in [-0.05, 0) is 12.1 Å². The third kappa shape index (κ3) is 2.60. The van der Waals surface area contributed by atoms with Crippen molar-refractivity contribution in [3.63, 3.8) is 0 Å². The number of nitrogens with two attached hydrogens (primary N) is 1. The number of rotatable bonds is 3. The van der Waals surface area contributed by atoms with Gasteiger partial charge < -0.3 is 11.1 Å². The van der Waals surface area contributed by atoms with Crippen molar-refractivity contribution in [1.29, 1.82) is 0 Å². The maximum atomic E-state index is 5.51. The van der Waals surface area contributed by atoms with Gasteiger partial charge in [-0.3, -0.25) is 0 Å². The van der Waals surface area contributed by atoms with Crippen molar-refractivity contribution in [3.8, 4) is 0 Å². The lowest BCUT2D eigenvalue weighted by atomic mass is 10.4. The Morgan fingerprint density at radius 3 is 2.87 bits per heavy atom. The minimum Gasteiger partial charge on any atom is -0.384 e. The van der Waals surface area contributed by atoms with Gasteiger partial charge in [0.2, 0.25) is 5.95 Å². The Kier molecular flexibility index (Phi) is 2.68. The van der Waals surface area contributed by atoms with Gasteiger partial charge in [0, 0.05) is 12.4 Å². The van der Waals surface area contributed by atoms with Crippen LogP contribution in [0, 0.1) is 0 Å². The normalized spacial score (nSPS) is 9.87. The minimum absolute atomic E-state index is 0.440. The summed E-state index contributed by atoms with van der Waals surface area (Å²) in [5.74, 6) is 0.934. The van der Waals surface area contributed by atoms with Gasteiger partial charge in [-0.2, -0.15) is 4.98 Å². The van der Waals surface area contributed by atoms with Gasteiger partial charge in [0.1, 0.15) is 12.1 Å². The largest absolute Gasteiger partial charge is 0.384 e. The van der Waals surface area contributed by atoms with Crippen LogP contribution < -0.4 is 11.1 Å². The predicted molar refractivity (Wildman–Crippen MR) is 55.8 cm³/mol. The standard InChI is InChI=1S/C9H10N6/c10-8-2-4-12-9(15-8)13-5-7-1-3-11-6-14-7/h1-4,6H,5H2,(H3,10,12,13,15). The van der Waals surface area contributed by atoms with Crippen LogP contribution in [-0.2, 0) is 6.54 Å². The fraction of sp³-hybridized carbons (Fsp3) is 0.111. The Balaban J connectivity index is 1.99. The van der Waals surface area contributed by atoms with Crippen LogP contribution in [0.3, 0.4) is 0 Å². The molecular formula is C9H10N6. The van der Waals surface area contributed by atoms with Crippen LogP contribution >= 0.6 is 0 Å². The molecule has 0 bridgehead atoms. The summed E-state index contributed by atoms with van der Waals surface area (Å²) in [5, 5.41) is 3.01. The van der Waals surface area contributed by atoms with E-state index in [9.17, 15) is 0 Å². The fourth-order valence-electron chi connectivity index (χ4n) is 1.05. The molecule has 2 aromatic rings. The third-order valence-electron chi connectivity index (χ3n) is 1.75. The molecule has 2 aromatic heterocycles. The highest BCUT2D eigenvalue weighted by Gasteiger charge is 1.97. The zero-order chi connectivity index (χ0) is 10.5. The predicted octanol–water partition coefficient (Wildman–Crippen LogP) is 0.461. The molecule has 0 atom stereocenters. The van der Waals surface area contributed by atoms with Gasteiger partial charge in [0.25, 0.3) is 0 Å². The van der Waals surface area contributed by atoms with E-state index >= 15 is 0 Å². The maximum absolute atomic E-state index is 5.51. The molecule has 15 heavy (non-hydrogen) atoms. The van der Waals surface area contributed by atoms with Crippen LogP contribution in [0.15, 0.2) is 30.9 Å². The average Bonchev–Trinajstić information content (AvgIpc) is 2.28. The van der Waals surface area contributed by atoms with Crippen LogP contribution in [0.5, 0.6) is 0 Å². The summed E-state index contributed by atoms with van der Waals surface area (Å²) < 4.78 is 0. The SMILES string of the molecule is Nc1ccnc(NCc2ccncn2)n1. The van der Waals surface area contributed by atoms with E-state index in [2.05, 4.69) is 25.3 Å². The second-order valence-electron chi connectivity index (χ2n) is 2.86. The second-order valence-corrected chi connectivity index (χ2v) is 2.86. The number of hydrogen-bond acceptors (Lipinski definition) is 6. The van der Waals surface area contributed by atoms with Gasteiger partial charge in [-0.15, -0.1) is 0 Å². The Morgan fingerprint density at radius 1 is 1.20 bits per heavy atom. The van der Waals surface area contributed by atoms with Crippen LogP contribution in [0.2, 0.25) is 0 Å². The van der Waals surface area contributed by atoms with Crippen molar-refractivity contribution < 1.29 is 0 Å². The van der Waals surface area contributed by atoms with Crippen LogP contribution in [0.1, 0.15) is 5.69 Å². The van der Waals surface area contributed by atoms with Gasteiger partial charge in [-0.1, -0.05) is 0 Å². The lowest BCUT2D eigenvalue weighted by molar-refractivity contribution is 0.979. The number of aromatic nitrogens is 4. The number of nitrogens with zero attached hydrogens (tertiary/aromatic N) is 4. The van der Waals surface area contributed by atoms with Gasteiger partial charge >= 0.3 is 0 Å². The maximum Gasteiger partial charge on any atom is 0.224 e. The summed E-state index contributed by atoms with van der Waals surface area (Å²) in [6.07, 6.45) is 4.78. The lowest BCUT2D eigenvalue weighted by Crippen LogP contribution is -2.05. The molecule has 0 saturated carbocycles.